The molecule has 0 fully saturated rings. The molecule has 0 aromatic rings. The number of rotatable bonds is 2. The Hall–Kier alpha value is -1.46. The summed E-state index contributed by atoms with van der Waals surface area (Å²) in [5.41, 5.74) is 3.33. The number of carbonyl (C=O) groups is 2. The first-order chi connectivity index (χ1) is 6.62. The molecule has 4 amide bonds. The second-order valence-electron chi connectivity index (χ2n) is 1.72. The molecular weight excluding hydrogens is 160 g/mol. The number of nitrogens with one attached hydrogen (secondary N) is 2. The standard InChI is InChI=1S/2C3H8N2O/c2*1-2-5-3(4)6/h2*2H2,1H3,(H3,4,5,6)/i/hD2. The lowest BCUT2D eigenvalue weighted by molar-refractivity contribution is 0.248. The number of hydrogen-bond acceptors (Lipinski definition) is 2. The molecule has 0 heterocycles. The van der Waals surface area contributed by atoms with E-state index in [-0.39, 0.29) is 0 Å². The molecular formula is C6H16N4O2. The lowest BCUT2D eigenvalue weighted by Gasteiger charge is -1.88. The highest BCUT2D eigenvalue weighted by Gasteiger charge is 1.80. The summed E-state index contributed by atoms with van der Waals surface area (Å²) in [6.07, 6.45) is 0. The Morgan fingerprint density at radius 3 is 1.58 bits per heavy atom. The molecule has 0 aromatic carbocycles. The van der Waals surface area contributed by atoms with E-state index < -0.39 is 12.1 Å². The Morgan fingerprint density at radius 1 is 1.17 bits per heavy atom. The quantitative estimate of drug-likeness (QED) is 0.450. The topological polar surface area (TPSA) is 110 Å². The molecule has 0 aromatic heterocycles. The van der Waals surface area contributed by atoms with Gasteiger partial charge in [-0.2, -0.15) is 0 Å². The number of hydrogen-bond donors (Lipinski definition) is 4. The van der Waals surface area contributed by atoms with Gasteiger partial charge in [-0.05, 0) is 13.8 Å². The van der Waals surface area contributed by atoms with Gasteiger partial charge in [-0.15, -0.1) is 0 Å². The third-order valence-corrected chi connectivity index (χ3v) is 0.675. The highest BCUT2D eigenvalue weighted by molar-refractivity contribution is 5.71. The van der Waals surface area contributed by atoms with Crippen molar-refractivity contribution >= 4 is 12.1 Å². The van der Waals surface area contributed by atoms with Crippen LogP contribution in [0.3, 0.4) is 0 Å². The molecule has 0 atom stereocenters. The van der Waals surface area contributed by atoms with E-state index in [2.05, 4.69) is 10.6 Å². The van der Waals surface area contributed by atoms with Crippen molar-refractivity contribution in [3.05, 3.63) is 0 Å². The van der Waals surface area contributed by atoms with E-state index in [1.165, 1.54) is 0 Å². The highest BCUT2D eigenvalue weighted by Crippen LogP contribution is 1.50. The zero-order valence-electron chi connectivity index (χ0n) is 9.23. The van der Waals surface area contributed by atoms with Crippen LogP contribution in [0.4, 0.5) is 9.59 Å². The maximum absolute atomic E-state index is 10.0. The first-order valence-corrected chi connectivity index (χ1v) is 3.53. The molecule has 0 aliphatic heterocycles. The van der Waals surface area contributed by atoms with Gasteiger partial charge in [0.05, 0.1) is 0 Å². The smallest absolute Gasteiger partial charge is 0.312 e. The molecule has 0 saturated heterocycles. The van der Waals surface area contributed by atoms with Gasteiger partial charge < -0.3 is 22.1 Å². The lowest BCUT2D eigenvalue weighted by atomic mass is 10.7. The molecule has 0 saturated carbocycles. The van der Waals surface area contributed by atoms with Gasteiger partial charge in [0.1, 0.15) is 0 Å². The molecule has 0 rings (SSSR count). The average molecular weight is 178 g/mol. The van der Waals surface area contributed by atoms with Crippen LogP contribution < -0.4 is 22.1 Å². The van der Waals surface area contributed by atoms with E-state index >= 15 is 0 Å². The van der Waals surface area contributed by atoms with Crippen molar-refractivity contribution in [3.8, 4) is 0 Å². The first-order valence-electron chi connectivity index (χ1n) is 4.53. The minimum Gasteiger partial charge on any atom is -0.352 e. The Kier molecular flexibility index (Phi) is 6.86. The fourth-order valence-corrected chi connectivity index (χ4v) is 0.321. The molecule has 0 unspecified atom stereocenters. The summed E-state index contributed by atoms with van der Waals surface area (Å²) in [5.74, 6) is 0. The van der Waals surface area contributed by atoms with Crippen molar-refractivity contribution in [2.45, 2.75) is 13.8 Å². The Bertz CT molecular complexity index is 150. The first kappa shape index (κ1) is 8.63. The third kappa shape index (κ3) is 23.6. The largest absolute Gasteiger partial charge is 0.352 e. The van der Waals surface area contributed by atoms with Crippen LogP contribution in [-0.2, 0) is 0 Å². The van der Waals surface area contributed by atoms with Gasteiger partial charge in [0, 0.05) is 13.1 Å². The van der Waals surface area contributed by atoms with Crippen molar-refractivity contribution in [1.82, 2.24) is 10.6 Å². The molecule has 72 valence electrons. The molecule has 0 radical (unpaired) electrons. The van der Waals surface area contributed by atoms with Crippen molar-refractivity contribution in [2.24, 2.45) is 11.5 Å². The summed E-state index contributed by atoms with van der Waals surface area (Å²) >= 11 is 0. The molecule has 0 aliphatic rings. The van der Waals surface area contributed by atoms with E-state index in [4.69, 9.17) is 2.82 Å². The minimum absolute atomic E-state index is 0.456. The normalized spacial score (nSPS) is 9.17. The van der Waals surface area contributed by atoms with E-state index in [0.29, 0.717) is 13.1 Å². The van der Waals surface area contributed by atoms with Crippen LogP contribution >= 0.6 is 0 Å². The molecule has 0 spiro atoms. The number of amides is 4. The van der Waals surface area contributed by atoms with Crippen LogP contribution in [0.5, 0.6) is 0 Å². The van der Waals surface area contributed by atoms with E-state index in [1.807, 2.05) is 0 Å². The number of urea groups is 2. The maximum Gasteiger partial charge on any atom is 0.312 e. The van der Waals surface area contributed by atoms with Crippen molar-refractivity contribution in [2.75, 3.05) is 13.1 Å². The van der Waals surface area contributed by atoms with Crippen LogP contribution in [0.1, 0.15) is 13.8 Å². The van der Waals surface area contributed by atoms with Crippen LogP contribution in [0, 0.1) is 0 Å². The summed E-state index contributed by atoms with van der Waals surface area (Å²) < 4.78 is 12.5. The third-order valence-electron chi connectivity index (χ3n) is 0.675. The Labute approximate surface area is 74.6 Å². The number of nitrogens with two attached hydrogens (primary N) is 2. The maximum atomic E-state index is 10.0. The van der Waals surface area contributed by atoms with Crippen LogP contribution in [0.15, 0.2) is 0 Å². The zero-order valence-corrected chi connectivity index (χ0v) is 7.23. The van der Waals surface area contributed by atoms with Gasteiger partial charge >= 0.3 is 12.1 Å². The SMILES string of the molecule is [2H]NC(=O)NCC.[2H]NC(=O)NCC. The number of carbonyl (C=O) groups excluding carboxylic acids is 2. The molecule has 0 aliphatic carbocycles. The van der Waals surface area contributed by atoms with Gasteiger partial charge in [0.25, 0.3) is 0 Å². The van der Waals surface area contributed by atoms with Gasteiger partial charge in [0.15, 0.2) is 2.82 Å². The second-order valence-corrected chi connectivity index (χ2v) is 1.72. The van der Waals surface area contributed by atoms with E-state index in [9.17, 15) is 9.59 Å². The zero-order chi connectivity index (χ0) is 11.4. The van der Waals surface area contributed by atoms with Gasteiger partial charge in [-0.3, -0.25) is 0 Å². The summed E-state index contributed by atoms with van der Waals surface area (Å²) in [6.45, 7) is 4.69. The van der Waals surface area contributed by atoms with Gasteiger partial charge in [-0.25, -0.2) is 9.59 Å². The van der Waals surface area contributed by atoms with Crippen LogP contribution in [-0.4, -0.2) is 25.2 Å². The summed E-state index contributed by atoms with van der Waals surface area (Å²) in [5, 5.41) is 4.72. The monoisotopic (exact) mass is 178 g/mol. The van der Waals surface area contributed by atoms with Gasteiger partial charge in [0.2, 0.25) is 0 Å². The minimum atomic E-state index is -0.456. The molecule has 6 nitrogen and oxygen atoms in total. The predicted molar refractivity (Wildman–Crippen MR) is 46.5 cm³/mol. The Morgan fingerprint density at radius 2 is 1.50 bits per heavy atom. The van der Waals surface area contributed by atoms with Crippen LogP contribution in [0.25, 0.3) is 0 Å². The summed E-state index contributed by atoms with van der Waals surface area (Å²) in [4.78, 5) is 20.0. The fourth-order valence-electron chi connectivity index (χ4n) is 0.321. The van der Waals surface area contributed by atoms with Crippen molar-refractivity contribution in [3.63, 3.8) is 0 Å². The molecule has 12 heavy (non-hydrogen) atoms. The average Bonchev–Trinajstić information content (AvgIpc) is 2.19. The van der Waals surface area contributed by atoms with Crippen molar-refractivity contribution in [1.29, 1.82) is 0 Å². The number of primary amides is 2. The van der Waals surface area contributed by atoms with Crippen LogP contribution in [0.2, 0.25) is 2.82 Å². The predicted octanol–water partition coefficient (Wildman–Crippen LogP) is -0.651. The van der Waals surface area contributed by atoms with Crippen molar-refractivity contribution < 1.29 is 12.4 Å². The van der Waals surface area contributed by atoms with Gasteiger partial charge in [-0.1, -0.05) is 0 Å². The molecule has 0 bridgehead atoms. The highest BCUT2D eigenvalue weighted by atomic mass is 16.2. The molecule has 6 heteroatoms. The second kappa shape index (κ2) is 9.54. The fraction of sp³-hybridized carbons (Fsp3) is 0.667. The Balaban J connectivity index is 0. The summed E-state index contributed by atoms with van der Waals surface area (Å²) in [6, 6.07) is -0.912. The van der Waals surface area contributed by atoms with E-state index in [0.717, 1.165) is 0 Å². The molecule has 6 N–H and O–H groups in total. The summed E-state index contributed by atoms with van der Waals surface area (Å²) in [7, 11) is 0. The lowest BCUT2D eigenvalue weighted by Crippen LogP contribution is -2.28. The van der Waals surface area contributed by atoms with E-state index in [1.54, 1.807) is 25.3 Å².